The van der Waals surface area contributed by atoms with Crippen LogP contribution in [0.1, 0.15) is 31.7 Å². The second kappa shape index (κ2) is 4.99. The van der Waals surface area contributed by atoms with E-state index in [9.17, 15) is 14.0 Å². The molecule has 19 heavy (non-hydrogen) atoms. The molecule has 1 saturated carbocycles. The topological polar surface area (TPSA) is 72.2 Å². The average Bonchev–Trinajstić information content (AvgIpc) is 2.27. The number of hydrogen-bond donors (Lipinski definition) is 2. The van der Waals surface area contributed by atoms with Crippen molar-refractivity contribution >= 4 is 11.8 Å². The van der Waals surface area contributed by atoms with E-state index in [2.05, 4.69) is 5.32 Å². The van der Waals surface area contributed by atoms with E-state index in [4.69, 9.17) is 5.73 Å². The second-order valence-corrected chi connectivity index (χ2v) is 5.04. The van der Waals surface area contributed by atoms with Gasteiger partial charge < -0.3 is 11.1 Å². The number of primary amides is 1. The summed E-state index contributed by atoms with van der Waals surface area (Å²) in [5.74, 6) is -1.20. The van der Waals surface area contributed by atoms with E-state index in [1.165, 1.54) is 19.1 Å². The number of nitrogens with one attached hydrogen (secondary N) is 1. The molecule has 1 aromatic rings. The second-order valence-electron chi connectivity index (χ2n) is 5.04. The largest absolute Gasteiger partial charge is 0.368 e. The van der Waals surface area contributed by atoms with Gasteiger partial charge in [0, 0.05) is 0 Å². The lowest BCUT2D eigenvalue weighted by atomic mass is 9.63. The maximum Gasteiger partial charge on any atom is 0.239 e. The number of rotatable bonds is 4. The van der Waals surface area contributed by atoms with E-state index in [1.54, 1.807) is 12.1 Å². The fourth-order valence-corrected chi connectivity index (χ4v) is 2.37. The van der Waals surface area contributed by atoms with Gasteiger partial charge in [0.25, 0.3) is 0 Å². The van der Waals surface area contributed by atoms with Crippen LogP contribution in [0.2, 0.25) is 0 Å². The fraction of sp³-hybridized carbons (Fsp3) is 0.429. The molecular weight excluding hydrogens is 247 g/mol. The summed E-state index contributed by atoms with van der Waals surface area (Å²) in [4.78, 5) is 23.3. The van der Waals surface area contributed by atoms with Crippen LogP contribution in [0.3, 0.4) is 0 Å². The highest BCUT2D eigenvalue weighted by Gasteiger charge is 2.46. The lowest BCUT2D eigenvalue weighted by molar-refractivity contribution is -0.133. The van der Waals surface area contributed by atoms with Crippen LogP contribution in [0.25, 0.3) is 0 Å². The summed E-state index contributed by atoms with van der Waals surface area (Å²) in [6, 6.07) is 5.35. The first-order chi connectivity index (χ1) is 8.95. The normalized spacial score (nSPS) is 18.2. The van der Waals surface area contributed by atoms with Gasteiger partial charge in [-0.15, -0.1) is 0 Å². The summed E-state index contributed by atoms with van der Waals surface area (Å²) < 4.78 is 13.3. The van der Waals surface area contributed by atoms with Crippen LogP contribution in [-0.2, 0) is 15.0 Å². The van der Waals surface area contributed by atoms with E-state index in [0.717, 1.165) is 6.42 Å². The van der Waals surface area contributed by atoms with Crippen LogP contribution >= 0.6 is 0 Å². The van der Waals surface area contributed by atoms with Gasteiger partial charge in [-0.3, -0.25) is 9.59 Å². The molecule has 0 bridgehead atoms. The molecule has 0 spiro atoms. The van der Waals surface area contributed by atoms with Gasteiger partial charge in [0.2, 0.25) is 11.8 Å². The third-order valence-corrected chi connectivity index (χ3v) is 3.79. The van der Waals surface area contributed by atoms with Crippen molar-refractivity contribution in [3.8, 4) is 0 Å². The van der Waals surface area contributed by atoms with Crippen LogP contribution < -0.4 is 11.1 Å². The van der Waals surface area contributed by atoms with Crippen molar-refractivity contribution < 1.29 is 14.0 Å². The Morgan fingerprint density at radius 3 is 2.58 bits per heavy atom. The highest BCUT2D eigenvalue weighted by Crippen LogP contribution is 2.44. The molecule has 102 valence electrons. The third kappa shape index (κ3) is 2.45. The zero-order valence-electron chi connectivity index (χ0n) is 10.8. The molecule has 1 aromatic carbocycles. The van der Waals surface area contributed by atoms with Crippen molar-refractivity contribution in [1.29, 1.82) is 0 Å². The van der Waals surface area contributed by atoms with E-state index in [1.807, 2.05) is 0 Å². The number of benzene rings is 1. The molecule has 0 aliphatic heterocycles. The molecule has 0 aromatic heterocycles. The van der Waals surface area contributed by atoms with Gasteiger partial charge in [-0.1, -0.05) is 18.6 Å². The van der Waals surface area contributed by atoms with Crippen molar-refractivity contribution in [3.05, 3.63) is 35.6 Å². The maximum absolute atomic E-state index is 13.3. The number of amides is 2. The number of halogens is 1. The molecule has 2 amide bonds. The minimum absolute atomic E-state index is 0.254. The number of carbonyl (C=O) groups is 2. The fourth-order valence-electron chi connectivity index (χ4n) is 2.37. The lowest BCUT2D eigenvalue weighted by Gasteiger charge is -2.41. The zero-order chi connectivity index (χ0) is 14.0. The Morgan fingerprint density at radius 2 is 2.11 bits per heavy atom. The molecule has 2 rings (SSSR count). The number of carbonyl (C=O) groups excluding carboxylic acids is 2. The van der Waals surface area contributed by atoms with Gasteiger partial charge in [0.1, 0.15) is 11.9 Å². The SMILES string of the molecule is C[C@H](NC(=O)C1(c2cccc(F)c2)CCC1)C(N)=O. The van der Waals surface area contributed by atoms with Gasteiger partial charge in [0.05, 0.1) is 5.41 Å². The predicted molar refractivity (Wildman–Crippen MR) is 68.7 cm³/mol. The average molecular weight is 264 g/mol. The van der Waals surface area contributed by atoms with Crippen molar-refractivity contribution in [2.24, 2.45) is 5.73 Å². The summed E-state index contributed by atoms with van der Waals surface area (Å²) in [7, 11) is 0. The van der Waals surface area contributed by atoms with E-state index in [0.29, 0.717) is 18.4 Å². The highest BCUT2D eigenvalue weighted by molar-refractivity contribution is 5.93. The predicted octanol–water partition coefficient (Wildman–Crippen LogP) is 1.24. The molecule has 1 aliphatic rings. The van der Waals surface area contributed by atoms with Crippen LogP contribution in [0.4, 0.5) is 4.39 Å². The molecule has 4 nitrogen and oxygen atoms in total. The molecular formula is C14H17FN2O2. The Morgan fingerprint density at radius 1 is 1.42 bits per heavy atom. The summed E-state index contributed by atoms with van der Waals surface area (Å²) in [5.41, 5.74) is 5.08. The highest BCUT2D eigenvalue weighted by atomic mass is 19.1. The summed E-state index contributed by atoms with van der Waals surface area (Å²) in [6.07, 6.45) is 2.23. The smallest absolute Gasteiger partial charge is 0.239 e. The third-order valence-electron chi connectivity index (χ3n) is 3.79. The van der Waals surface area contributed by atoms with E-state index < -0.39 is 17.4 Å². The Bertz CT molecular complexity index is 512. The quantitative estimate of drug-likeness (QED) is 0.858. The first-order valence-corrected chi connectivity index (χ1v) is 6.32. The van der Waals surface area contributed by atoms with Crippen molar-refractivity contribution in [2.75, 3.05) is 0 Å². The Kier molecular flexibility index (Phi) is 3.55. The Labute approximate surface area is 111 Å². The molecule has 0 saturated heterocycles. The van der Waals surface area contributed by atoms with Crippen LogP contribution in [-0.4, -0.2) is 17.9 Å². The summed E-state index contributed by atoms with van der Waals surface area (Å²) >= 11 is 0. The van der Waals surface area contributed by atoms with Gasteiger partial charge in [-0.25, -0.2) is 4.39 Å². The van der Waals surface area contributed by atoms with Gasteiger partial charge in [-0.05, 0) is 37.5 Å². The van der Waals surface area contributed by atoms with Crippen molar-refractivity contribution in [1.82, 2.24) is 5.32 Å². The summed E-state index contributed by atoms with van der Waals surface area (Å²) in [5, 5.41) is 2.60. The van der Waals surface area contributed by atoms with E-state index >= 15 is 0 Å². The molecule has 0 unspecified atom stereocenters. The van der Waals surface area contributed by atoms with Gasteiger partial charge in [-0.2, -0.15) is 0 Å². The summed E-state index contributed by atoms with van der Waals surface area (Å²) in [6.45, 7) is 1.54. The molecule has 1 atom stereocenters. The molecule has 0 radical (unpaired) electrons. The minimum Gasteiger partial charge on any atom is -0.368 e. The minimum atomic E-state index is -0.724. The van der Waals surface area contributed by atoms with Crippen molar-refractivity contribution in [3.63, 3.8) is 0 Å². The lowest BCUT2D eigenvalue weighted by Crippen LogP contribution is -2.54. The monoisotopic (exact) mass is 264 g/mol. The van der Waals surface area contributed by atoms with Crippen LogP contribution in [0.5, 0.6) is 0 Å². The molecule has 5 heteroatoms. The van der Waals surface area contributed by atoms with Crippen molar-refractivity contribution in [2.45, 2.75) is 37.6 Å². The first kappa shape index (κ1) is 13.5. The molecule has 0 heterocycles. The molecule has 1 aliphatic carbocycles. The molecule has 1 fully saturated rings. The number of nitrogens with two attached hydrogens (primary N) is 1. The maximum atomic E-state index is 13.3. The van der Waals surface area contributed by atoms with Gasteiger partial charge in [0.15, 0.2) is 0 Å². The Balaban J connectivity index is 2.23. The first-order valence-electron chi connectivity index (χ1n) is 6.32. The van der Waals surface area contributed by atoms with Gasteiger partial charge >= 0.3 is 0 Å². The van der Waals surface area contributed by atoms with Crippen LogP contribution in [0.15, 0.2) is 24.3 Å². The standard InChI is InChI=1S/C14H17FN2O2/c1-9(12(16)18)17-13(19)14(6-3-7-14)10-4-2-5-11(15)8-10/h2,4-5,8-9H,3,6-7H2,1H3,(H2,16,18)(H,17,19)/t9-/m0/s1. The molecule has 3 N–H and O–H groups in total. The number of hydrogen-bond acceptors (Lipinski definition) is 2. The Hall–Kier alpha value is -1.91. The van der Waals surface area contributed by atoms with E-state index in [-0.39, 0.29) is 11.7 Å². The van der Waals surface area contributed by atoms with Crippen LogP contribution in [0, 0.1) is 5.82 Å². The zero-order valence-corrected chi connectivity index (χ0v) is 10.8.